The monoisotopic (exact) mass is 267 g/mol. The molecule has 6 heteroatoms. The molecule has 1 heterocycles. The molecule has 0 saturated carbocycles. The molecule has 0 aliphatic carbocycles. The van der Waals surface area contributed by atoms with Crippen LogP contribution in [0.15, 0.2) is 18.2 Å². The molecule has 0 bridgehead atoms. The van der Waals surface area contributed by atoms with Gasteiger partial charge in [0.05, 0.1) is 6.61 Å². The number of carbonyl (C=O) groups excluding carboxylic acids is 1. The van der Waals surface area contributed by atoms with E-state index in [0.717, 1.165) is 0 Å². The van der Waals surface area contributed by atoms with Gasteiger partial charge < -0.3 is 25.0 Å². The smallest absolute Gasteiger partial charge is 0.258 e. The lowest BCUT2D eigenvalue weighted by molar-refractivity contribution is -0.0149. The number of phenols is 2. The lowest BCUT2D eigenvalue weighted by atomic mass is 10.0. The number of carbonyl (C=O) groups is 1. The highest BCUT2D eigenvalue weighted by atomic mass is 16.5. The van der Waals surface area contributed by atoms with E-state index in [1.54, 1.807) is 7.11 Å². The Balaban J connectivity index is 2.05. The zero-order valence-corrected chi connectivity index (χ0v) is 10.7. The summed E-state index contributed by atoms with van der Waals surface area (Å²) in [7, 11) is 1.57. The number of hydrogen-bond donors (Lipinski definition) is 3. The fourth-order valence-electron chi connectivity index (χ4n) is 2.05. The predicted molar refractivity (Wildman–Crippen MR) is 67.3 cm³/mol. The maximum Gasteiger partial charge on any atom is 0.258 e. The highest BCUT2D eigenvalue weighted by Gasteiger charge is 2.35. The summed E-state index contributed by atoms with van der Waals surface area (Å²) < 4.78 is 10.6. The van der Waals surface area contributed by atoms with Crippen molar-refractivity contribution in [1.29, 1.82) is 0 Å². The first-order valence-electron chi connectivity index (χ1n) is 6.00. The Kier molecular flexibility index (Phi) is 3.92. The summed E-state index contributed by atoms with van der Waals surface area (Å²) in [5.41, 5.74) is -0.664. The van der Waals surface area contributed by atoms with Crippen molar-refractivity contribution in [1.82, 2.24) is 5.32 Å². The van der Waals surface area contributed by atoms with E-state index in [9.17, 15) is 15.0 Å². The molecule has 1 aliphatic rings. The van der Waals surface area contributed by atoms with E-state index in [0.29, 0.717) is 19.6 Å². The number of ether oxygens (including phenoxy) is 2. The van der Waals surface area contributed by atoms with Crippen LogP contribution in [0.3, 0.4) is 0 Å². The van der Waals surface area contributed by atoms with Crippen LogP contribution in [0, 0.1) is 0 Å². The van der Waals surface area contributed by atoms with Crippen LogP contribution in [-0.2, 0) is 9.47 Å². The van der Waals surface area contributed by atoms with Crippen molar-refractivity contribution in [2.45, 2.75) is 12.0 Å². The van der Waals surface area contributed by atoms with E-state index in [1.807, 2.05) is 0 Å². The molecule has 6 nitrogen and oxygen atoms in total. The van der Waals surface area contributed by atoms with Crippen molar-refractivity contribution in [2.24, 2.45) is 0 Å². The second-order valence-corrected chi connectivity index (χ2v) is 4.54. The van der Waals surface area contributed by atoms with E-state index in [4.69, 9.17) is 9.47 Å². The molecular formula is C13H17NO5. The normalized spacial score (nSPS) is 22.4. The number of benzene rings is 1. The van der Waals surface area contributed by atoms with Crippen LogP contribution in [0.5, 0.6) is 11.5 Å². The minimum atomic E-state index is -0.543. The second kappa shape index (κ2) is 5.46. The summed E-state index contributed by atoms with van der Waals surface area (Å²) in [6.45, 7) is 1.26. The van der Waals surface area contributed by atoms with E-state index in [2.05, 4.69) is 5.32 Å². The molecule has 0 radical (unpaired) electrons. The second-order valence-electron chi connectivity index (χ2n) is 4.54. The average Bonchev–Trinajstić information content (AvgIpc) is 2.86. The van der Waals surface area contributed by atoms with Gasteiger partial charge in [-0.15, -0.1) is 0 Å². The minimum Gasteiger partial charge on any atom is -0.507 e. The Bertz CT molecular complexity index is 448. The topological polar surface area (TPSA) is 88.0 Å². The number of amides is 1. The summed E-state index contributed by atoms with van der Waals surface area (Å²) in [5.74, 6) is -1.06. The van der Waals surface area contributed by atoms with Gasteiger partial charge in [-0.25, -0.2) is 0 Å². The largest absolute Gasteiger partial charge is 0.507 e. The number of methoxy groups -OCH3 is 1. The van der Waals surface area contributed by atoms with Gasteiger partial charge in [-0.05, 0) is 12.1 Å². The maximum absolute atomic E-state index is 12.0. The first-order valence-corrected chi connectivity index (χ1v) is 6.00. The Hall–Kier alpha value is -1.79. The van der Waals surface area contributed by atoms with Gasteiger partial charge in [0.1, 0.15) is 22.7 Å². The Labute approximate surface area is 111 Å². The van der Waals surface area contributed by atoms with E-state index in [1.165, 1.54) is 18.2 Å². The molecule has 1 aliphatic heterocycles. The molecule has 3 N–H and O–H groups in total. The van der Waals surface area contributed by atoms with E-state index in [-0.39, 0.29) is 23.6 Å². The predicted octanol–water partition coefficient (Wildman–Crippen LogP) is 0.633. The highest BCUT2D eigenvalue weighted by molar-refractivity contribution is 5.99. The molecule has 1 saturated heterocycles. The van der Waals surface area contributed by atoms with Gasteiger partial charge in [0.25, 0.3) is 5.91 Å². The average molecular weight is 267 g/mol. The number of aromatic hydroxyl groups is 2. The summed E-state index contributed by atoms with van der Waals surface area (Å²) >= 11 is 0. The van der Waals surface area contributed by atoms with Gasteiger partial charge in [0, 0.05) is 26.7 Å². The fraction of sp³-hybridized carbons (Fsp3) is 0.462. The zero-order chi connectivity index (χ0) is 13.9. The van der Waals surface area contributed by atoms with Crippen LogP contribution in [0.4, 0.5) is 0 Å². The molecule has 0 spiro atoms. The van der Waals surface area contributed by atoms with Crippen molar-refractivity contribution in [3.63, 3.8) is 0 Å². The lowest BCUT2D eigenvalue weighted by Gasteiger charge is -2.25. The van der Waals surface area contributed by atoms with Gasteiger partial charge in [0.15, 0.2) is 0 Å². The van der Waals surface area contributed by atoms with Crippen LogP contribution >= 0.6 is 0 Å². The molecule has 1 aromatic carbocycles. The van der Waals surface area contributed by atoms with Gasteiger partial charge in [-0.3, -0.25) is 4.79 Å². The van der Waals surface area contributed by atoms with E-state index < -0.39 is 11.5 Å². The third kappa shape index (κ3) is 2.80. The number of rotatable bonds is 4. The molecule has 2 rings (SSSR count). The summed E-state index contributed by atoms with van der Waals surface area (Å²) in [4.78, 5) is 12.0. The van der Waals surface area contributed by atoms with Crippen molar-refractivity contribution >= 4 is 5.91 Å². The molecule has 1 aromatic rings. The number of nitrogens with one attached hydrogen (secondary N) is 1. The minimum absolute atomic E-state index is 0.132. The first-order chi connectivity index (χ1) is 9.08. The molecule has 19 heavy (non-hydrogen) atoms. The Morgan fingerprint density at radius 1 is 1.47 bits per heavy atom. The quantitative estimate of drug-likeness (QED) is 0.745. The van der Waals surface area contributed by atoms with Crippen LogP contribution < -0.4 is 5.32 Å². The third-order valence-electron chi connectivity index (χ3n) is 3.32. The first kappa shape index (κ1) is 13.6. The Morgan fingerprint density at radius 3 is 2.68 bits per heavy atom. The standard InChI is InChI=1S/C13H17NO5/c1-18-13(5-6-19-8-13)7-14-12(17)11-9(15)3-2-4-10(11)16/h2-4,15-16H,5-8H2,1H3,(H,14,17). The third-order valence-corrected chi connectivity index (χ3v) is 3.32. The molecule has 0 aromatic heterocycles. The van der Waals surface area contributed by atoms with Crippen LogP contribution in [-0.4, -0.2) is 48.6 Å². The van der Waals surface area contributed by atoms with Crippen LogP contribution in [0.2, 0.25) is 0 Å². The van der Waals surface area contributed by atoms with Crippen LogP contribution in [0.1, 0.15) is 16.8 Å². The zero-order valence-electron chi connectivity index (χ0n) is 10.7. The highest BCUT2D eigenvalue weighted by Crippen LogP contribution is 2.27. The molecule has 1 unspecified atom stereocenters. The molecule has 1 atom stereocenters. The van der Waals surface area contributed by atoms with Gasteiger partial charge >= 0.3 is 0 Å². The van der Waals surface area contributed by atoms with Gasteiger partial charge in [-0.1, -0.05) is 6.07 Å². The van der Waals surface area contributed by atoms with Gasteiger partial charge in [0.2, 0.25) is 0 Å². The van der Waals surface area contributed by atoms with Crippen LogP contribution in [0.25, 0.3) is 0 Å². The molecule has 1 amide bonds. The summed E-state index contributed by atoms with van der Waals surface area (Å²) in [6.07, 6.45) is 0.691. The SMILES string of the molecule is COC1(CNC(=O)c2c(O)cccc2O)CCOC1. The van der Waals surface area contributed by atoms with Crippen molar-refractivity contribution in [3.8, 4) is 11.5 Å². The molecule has 104 valence electrons. The number of phenolic OH excluding ortho intramolecular Hbond substituents is 2. The van der Waals surface area contributed by atoms with Crippen molar-refractivity contribution < 1.29 is 24.5 Å². The number of hydrogen-bond acceptors (Lipinski definition) is 5. The van der Waals surface area contributed by atoms with Crippen molar-refractivity contribution in [3.05, 3.63) is 23.8 Å². The molecular weight excluding hydrogens is 250 g/mol. The van der Waals surface area contributed by atoms with E-state index >= 15 is 0 Å². The fourth-order valence-corrected chi connectivity index (χ4v) is 2.05. The maximum atomic E-state index is 12.0. The van der Waals surface area contributed by atoms with Gasteiger partial charge in [-0.2, -0.15) is 0 Å². The summed E-state index contributed by atoms with van der Waals surface area (Å²) in [5, 5.41) is 21.8. The summed E-state index contributed by atoms with van der Waals surface area (Å²) in [6, 6.07) is 4.15. The Morgan fingerprint density at radius 2 is 2.16 bits per heavy atom. The van der Waals surface area contributed by atoms with Crippen molar-refractivity contribution in [2.75, 3.05) is 26.9 Å². The molecule has 1 fully saturated rings. The lowest BCUT2D eigenvalue weighted by Crippen LogP contribution is -2.45.